The topological polar surface area (TPSA) is 32.3 Å². The fraction of sp³-hybridized carbons (Fsp3) is 0.647. The minimum atomic E-state index is -8.46. The van der Waals surface area contributed by atoms with Crippen molar-refractivity contribution in [3.63, 3.8) is 0 Å². The fourth-order valence-electron chi connectivity index (χ4n) is 2.64. The lowest BCUT2D eigenvalue weighted by molar-refractivity contribution is -0.457. The summed E-state index contributed by atoms with van der Waals surface area (Å²) in [5, 5.41) is 11.6. The summed E-state index contributed by atoms with van der Waals surface area (Å²) in [5.74, 6) is -30.9. The number of benzene rings is 1. The zero-order valence-electron chi connectivity index (χ0n) is 16.2. The van der Waals surface area contributed by atoms with Gasteiger partial charge in [-0.05, 0) is 5.56 Å². The maximum atomic E-state index is 13.8. The molecule has 0 bridgehead atoms. The molecule has 0 heterocycles. The van der Waals surface area contributed by atoms with Crippen LogP contribution in [-0.4, -0.2) is 59.5 Å². The number of rotatable bonds is 10. The Hall–Kier alpha value is -1.91. The van der Waals surface area contributed by atoms with Crippen LogP contribution in [0.4, 0.5) is 65.9 Å². The van der Waals surface area contributed by atoms with Crippen molar-refractivity contribution >= 4 is 0 Å². The van der Waals surface area contributed by atoms with Gasteiger partial charge in [0.1, 0.15) is 0 Å². The zero-order chi connectivity index (χ0) is 27.0. The number of hydrogen-bond acceptors (Lipinski definition) is 2. The summed E-state index contributed by atoms with van der Waals surface area (Å²) >= 11 is 0. The van der Waals surface area contributed by atoms with Gasteiger partial charge in [-0.1, -0.05) is 30.3 Å². The molecule has 0 fully saturated rings. The number of hydrogen-bond donors (Lipinski definition) is 2. The Morgan fingerprint density at radius 2 is 1.09 bits per heavy atom. The Morgan fingerprint density at radius 1 is 0.647 bits per heavy atom. The molecular formula is C17H14F15NO. The maximum absolute atomic E-state index is 13.8. The first kappa shape index (κ1) is 30.1. The summed E-state index contributed by atoms with van der Waals surface area (Å²) in [5.41, 5.74) is -7.89. The summed E-state index contributed by atoms with van der Waals surface area (Å²) < 4.78 is 197. The highest BCUT2D eigenvalue weighted by Gasteiger charge is 2.95. The average molecular weight is 533 g/mol. The molecule has 198 valence electrons. The second kappa shape index (κ2) is 9.28. The quantitative estimate of drug-likeness (QED) is 0.367. The standard InChI is InChI=1S/C17H14F15NO/c18-11(19,6-10(34)8-33-7-9-4-2-1-3-5-9)13(21,22)15(25,26)14(23,24)12(20,16(27,28)29)17(30,31)32/h1-5,10,33-34H,6-8H2/t10-/m0/s1. The van der Waals surface area contributed by atoms with E-state index < -0.39 is 60.8 Å². The summed E-state index contributed by atoms with van der Waals surface area (Å²) in [4.78, 5) is 0. The molecule has 1 atom stereocenters. The van der Waals surface area contributed by atoms with Crippen molar-refractivity contribution in [3.8, 4) is 0 Å². The van der Waals surface area contributed by atoms with Crippen LogP contribution < -0.4 is 5.32 Å². The largest absolute Gasteiger partial charge is 0.438 e. The molecule has 0 spiro atoms. The predicted octanol–water partition coefficient (Wildman–Crippen LogP) is 5.90. The second-order valence-electron chi connectivity index (χ2n) is 7.06. The van der Waals surface area contributed by atoms with Crippen molar-refractivity contribution in [1.82, 2.24) is 5.32 Å². The molecule has 1 rings (SSSR count). The van der Waals surface area contributed by atoms with E-state index in [2.05, 4.69) is 5.32 Å². The van der Waals surface area contributed by atoms with E-state index >= 15 is 0 Å². The molecule has 0 aliphatic heterocycles. The molecule has 0 unspecified atom stereocenters. The number of alkyl halides is 15. The molecule has 0 saturated heterocycles. The molecule has 17 heteroatoms. The van der Waals surface area contributed by atoms with Crippen molar-refractivity contribution in [2.24, 2.45) is 0 Å². The lowest BCUT2D eigenvalue weighted by Crippen LogP contribution is -2.75. The van der Waals surface area contributed by atoms with Crippen molar-refractivity contribution in [1.29, 1.82) is 0 Å². The predicted molar refractivity (Wildman–Crippen MR) is 84.5 cm³/mol. The first-order valence-electron chi connectivity index (χ1n) is 8.73. The van der Waals surface area contributed by atoms with E-state index in [-0.39, 0.29) is 6.54 Å². The van der Waals surface area contributed by atoms with E-state index in [0.29, 0.717) is 5.56 Å². The third-order valence-corrected chi connectivity index (χ3v) is 4.51. The molecule has 0 amide bonds. The van der Waals surface area contributed by atoms with Gasteiger partial charge in [-0.25, -0.2) is 4.39 Å². The number of halogens is 15. The second-order valence-corrected chi connectivity index (χ2v) is 7.06. The van der Waals surface area contributed by atoms with Crippen LogP contribution in [0.15, 0.2) is 30.3 Å². The monoisotopic (exact) mass is 533 g/mol. The first-order valence-corrected chi connectivity index (χ1v) is 8.73. The number of aliphatic hydroxyl groups excluding tert-OH is 1. The molecule has 2 nitrogen and oxygen atoms in total. The van der Waals surface area contributed by atoms with Gasteiger partial charge in [0.2, 0.25) is 0 Å². The summed E-state index contributed by atoms with van der Waals surface area (Å²) in [6.45, 7) is -1.28. The van der Waals surface area contributed by atoms with Crippen LogP contribution in [0.5, 0.6) is 0 Å². The van der Waals surface area contributed by atoms with Gasteiger partial charge < -0.3 is 10.4 Å². The van der Waals surface area contributed by atoms with Crippen LogP contribution in [0.2, 0.25) is 0 Å². The van der Waals surface area contributed by atoms with E-state index in [1.807, 2.05) is 0 Å². The Labute approximate surface area is 180 Å². The van der Waals surface area contributed by atoms with Crippen LogP contribution >= 0.6 is 0 Å². The molecule has 0 radical (unpaired) electrons. The van der Waals surface area contributed by atoms with Gasteiger partial charge >= 0.3 is 41.7 Å². The zero-order valence-corrected chi connectivity index (χ0v) is 16.2. The maximum Gasteiger partial charge on any atom is 0.438 e. The van der Waals surface area contributed by atoms with E-state index in [1.54, 1.807) is 6.07 Å². The molecular weight excluding hydrogens is 519 g/mol. The van der Waals surface area contributed by atoms with Gasteiger partial charge in [0, 0.05) is 19.5 Å². The molecule has 1 aromatic rings. The van der Waals surface area contributed by atoms with Gasteiger partial charge in [0.15, 0.2) is 0 Å². The van der Waals surface area contributed by atoms with Crippen LogP contribution in [0.3, 0.4) is 0 Å². The van der Waals surface area contributed by atoms with E-state index in [1.165, 1.54) is 24.3 Å². The third-order valence-electron chi connectivity index (χ3n) is 4.51. The Bertz CT molecular complexity index is 789. The van der Waals surface area contributed by atoms with Crippen LogP contribution in [0, 0.1) is 0 Å². The number of aliphatic hydroxyl groups is 1. The van der Waals surface area contributed by atoms with E-state index in [9.17, 15) is 71.0 Å². The lowest BCUT2D eigenvalue weighted by atomic mass is 9.85. The summed E-state index contributed by atoms with van der Waals surface area (Å²) in [6.07, 6.45) is -21.5. The SMILES string of the molecule is O[C@H](CNCc1ccccc1)CC(F)(F)C(F)(F)C(F)(F)C(F)(F)C(F)(C(F)(F)F)C(F)(F)F. The fourth-order valence-corrected chi connectivity index (χ4v) is 2.64. The van der Waals surface area contributed by atoms with Crippen molar-refractivity contribution < 1.29 is 71.0 Å². The molecule has 0 aromatic heterocycles. The van der Waals surface area contributed by atoms with E-state index in [4.69, 9.17) is 0 Å². The van der Waals surface area contributed by atoms with Gasteiger partial charge in [-0.2, -0.15) is 61.5 Å². The van der Waals surface area contributed by atoms with Gasteiger partial charge in [-0.15, -0.1) is 0 Å². The molecule has 0 aliphatic carbocycles. The number of nitrogens with one attached hydrogen (secondary N) is 1. The smallest absolute Gasteiger partial charge is 0.392 e. The van der Waals surface area contributed by atoms with Crippen LogP contribution in [0.25, 0.3) is 0 Å². The normalized spacial score (nSPS) is 16.0. The Morgan fingerprint density at radius 3 is 1.50 bits per heavy atom. The minimum Gasteiger partial charge on any atom is -0.392 e. The van der Waals surface area contributed by atoms with Crippen LogP contribution in [-0.2, 0) is 6.54 Å². The average Bonchev–Trinajstić information content (AvgIpc) is 2.65. The highest BCUT2D eigenvalue weighted by Crippen LogP contribution is 2.64. The van der Waals surface area contributed by atoms with Gasteiger partial charge in [0.05, 0.1) is 6.10 Å². The van der Waals surface area contributed by atoms with Crippen molar-refractivity contribution in [2.75, 3.05) is 6.54 Å². The summed E-state index contributed by atoms with van der Waals surface area (Å²) in [7, 11) is 0. The minimum absolute atomic E-state index is 0.213. The lowest BCUT2D eigenvalue weighted by Gasteiger charge is -2.43. The molecule has 1 aromatic carbocycles. The molecule has 0 aliphatic rings. The van der Waals surface area contributed by atoms with Crippen molar-refractivity contribution in [3.05, 3.63) is 35.9 Å². The highest BCUT2D eigenvalue weighted by atomic mass is 19.4. The van der Waals surface area contributed by atoms with Crippen LogP contribution in [0.1, 0.15) is 12.0 Å². The molecule has 0 saturated carbocycles. The van der Waals surface area contributed by atoms with Gasteiger partial charge in [0.25, 0.3) is 0 Å². The van der Waals surface area contributed by atoms with Gasteiger partial charge in [-0.3, -0.25) is 0 Å². The third kappa shape index (κ3) is 5.04. The Balaban J connectivity index is 3.19. The first-order chi connectivity index (χ1) is 15.0. The Kier molecular flexibility index (Phi) is 8.22. The summed E-state index contributed by atoms with van der Waals surface area (Å²) in [6, 6.07) is 7.46. The highest BCUT2D eigenvalue weighted by molar-refractivity contribution is 5.17. The molecule has 34 heavy (non-hydrogen) atoms. The van der Waals surface area contributed by atoms with E-state index in [0.717, 1.165) is 0 Å². The van der Waals surface area contributed by atoms with Crippen molar-refractivity contribution in [2.45, 2.75) is 60.8 Å². The molecule has 2 N–H and O–H groups in total.